The van der Waals surface area contributed by atoms with Crippen LogP contribution in [0.2, 0.25) is 0 Å². The molecule has 1 aromatic carbocycles. The summed E-state index contributed by atoms with van der Waals surface area (Å²) in [7, 11) is 0. The Balaban J connectivity index is 2.10. The Morgan fingerprint density at radius 1 is 1.46 bits per heavy atom. The Hall–Kier alpha value is -0.0600. The lowest BCUT2D eigenvalue weighted by molar-refractivity contribution is 0.0455. The van der Waals surface area contributed by atoms with Crippen molar-refractivity contribution in [3.05, 3.63) is 28.5 Å². The quantitative estimate of drug-likeness (QED) is 0.810. The molecule has 0 spiro atoms. The van der Waals surface area contributed by atoms with Crippen LogP contribution >= 0.6 is 27.7 Å². The van der Waals surface area contributed by atoms with Crippen molar-refractivity contribution in [2.75, 3.05) is 13.2 Å². The van der Waals surface area contributed by atoms with Crippen molar-refractivity contribution in [2.24, 2.45) is 0 Å². The Bertz CT molecular complexity index is 314. The van der Waals surface area contributed by atoms with Gasteiger partial charge in [-0.05, 0) is 18.2 Å². The lowest BCUT2D eigenvalue weighted by Gasteiger charge is -2.25. The first-order valence-corrected chi connectivity index (χ1v) is 5.62. The molecule has 1 aromatic rings. The highest BCUT2D eigenvalue weighted by Gasteiger charge is 2.20. The smallest absolute Gasteiger partial charge is 0.137 e. The third-order valence-corrected chi connectivity index (χ3v) is 3.48. The first-order valence-electron chi connectivity index (χ1n) is 3.95. The fourth-order valence-corrected chi connectivity index (χ4v) is 2.37. The molecule has 0 aliphatic carbocycles. The molecule has 1 saturated heterocycles. The third-order valence-electron chi connectivity index (χ3n) is 1.80. The molecule has 0 saturated carbocycles. The van der Waals surface area contributed by atoms with E-state index in [0.717, 1.165) is 17.7 Å². The van der Waals surface area contributed by atoms with Crippen molar-refractivity contribution >= 4 is 27.7 Å². The summed E-state index contributed by atoms with van der Waals surface area (Å²) in [5, 5.41) is 0.427. The second-order valence-corrected chi connectivity index (χ2v) is 5.11. The molecule has 1 heterocycles. The fraction of sp³-hybridized carbons (Fsp3) is 0.333. The summed E-state index contributed by atoms with van der Waals surface area (Å²) in [5.41, 5.74) is 0. The van der Waals surface area contributed by atoms with E-state index >= 15 is 0 Å². The molecular weight excluding hydrogens is 255 g/mol. The number of ether oxygens (including phenoxy) is 1. The zero-order valence-corrected chi connectivity index (χ0v) is 9.20. The summed E-state index contributed by atoms with van der Waals surface area (Å²) >= 11 is 4.76. The van der Waals surface area contributed by atoms with Gasteiger partial charge in [-0.1, -0.05) is 15.9 Å². The highest BCUT2D eigenvalue weighted by molar-refractivity contribution is 9.10. The van der Waals surface area contributed by atoms with Gasteiger partial charge in [-0.15, -0.1) is 11.8 Å². The van der Waals surface area contributed by atoms with Gasteiger partial charge in [-0.25, -0.2) is 4.39 Å². The third kappa shape index (κ3) is 2.24. The van der Waals surface area contributed by atoms with Crippen molar-refractivity contribution in [1.82, 2.24) is 0 Å². The van der Waals surface area contributed by atoms with E-state index in [2.05, 4.69) is 15.9 Å². The van der Waals surface area contributed by atoms with Crippen LogP contribution < -0.4 is 0 Å². The van der Waals surface area contributed by atoms with Gasteiger partial charge in [0.2, 0.25) is 0 Å². The highest BCUT2D eigenvalue weighted by Crippen LogP contribution is 2.31. The first kappa shape index (κ1) is 9.49. The largest absolute Gasteiger partial charge is 0.379 e. The average molecular weight is 263 g/mol. The monoisotopic (exact) mass is 262 g/mol. The Morgan fingerprint density at radius 3 is 2.77 bits per heavy atom. The second kappa shape index (κ2) is 3.98. The van der Waals surface area contributed by atoms with Gasteiger partial charge in [0.15, 0.2) is 0 Å². The number of halogens is 2. The van der Waals surface area contributed by atoms with Crippen molar-refractivity contribution < 1.29 is 9.13 Å². The van der Waals surface area contributed by atoms with Crippen molar-refractivity contribution in [2.45, 2.75) is 10.1 Å². The predicted octanol–water partition coefficient (Wildman–Crippen LogP) is 3.08. The van der Waals surface area contributed by atoms with E-state index in [1.54, 1.807) is 17.8 Å². The highest BCUT2D eigenvalue weighted by atomic mass is 79.9. The Kier molecular flexibility index (Phi) is 2.91. The minimum atomic E-state index is -0.161. The van der Waals surface area contributed by atoms with Crippen LogP contribution in [0.4, 0.5) is 4.39 Å². The van der Waals surface area contributed by atoms with Crippen LogP contribution in [-0.4, -0.2) is 18.5 Å². The van der Waals surface area contributed by atoms with Gasteiger partial charge in [0.05, 0.1) is 18.5 Å². The minimum Gasteiger partial charge on any atom is -0.379 e. The molecule has 0 unspecified atom stereocenters. The minimum absolute atomic E-state index is 0.161. The van der Waals surface area contributed by atoms with Gasteiger partial charge in [0.25, 0.3) is 0 Å². The summed E-state index contributed by atoms with van der Waals surface area (Å²) in [6.45, 7) is 1.47. The maximum absolute atomic E-state index is 13.3. The lowest BCUT2D eigenvalue weighted by Crippen LogP contribution is -2.30. The summed E-state index contributed by atoms with van der Waals surface area (Å²) in [6.07, 6.45) is 0. The summed E-state index contributed by atoms with van der Waals surface area (Å²) in [5.74, 6) is -0.161. The average Bonchev–Trinajstić information content (AvgIpc) is 1.99. The molecule has 1 fully saturated rings. The van der Waals surface area contributed by atoms with E-state index in [0.29, 0.717) is 10.1 Å². The molecule has 1 aliphatic rings. The van der Waals surface area contributed by atoms with Crippen LogP contribution in [0, 0.1) is 5.82 Å². The van der Waals surface area contributed by atoms with E-state index in [-0.39, 0.29) is 5.82 Å². The molecule has 1 aliphatic heterocycles. The number of rotatable bonds is 2. The van der Waals surface area contributed by atoms with Gasteiger partial charge in [0.1, 0.15) is 5.82 Å². The molecule has 13 heavy (non-hydrogen) atoms. The van der Waals surface area contributed by atoms with Gasteiger partial charge < -0.3 is 4.74 Å². The van der Waals surface area contributed by atoms with Gasteiger partial charge in [0, 0.05) is 9.37 Å². The van der Waals surface area contributed by atoms with Gasteiger partial charge in [-0.3, -0.25) is 0 Å². The van der Waals surface area contributed by atoms with Crippen LogP contribution in [0.1, 0.15) is 0 Å². The fourth-order valence-electron chi connectivity index (χ4n) is 1.03. The summed E-state index contributed by atoms with van der Waals surface area (Å²) in [6, 6.07) is 5.13. The van der Waals surface area contributed by atoms with Crippen LogP contribution in [0.25, 0.3) is 0 Å². The molecule has 4 heteroatoms. The standard InChI is InChI=1S/C9H8BrFOS/c10-6-1-2-9(8(11)3-6)13-7-4-12-5-7/h1-3,7H,4-5H2. The molecule has 70 valence electrons. The number of hydrogen-bond donors (Lipinski definition) is 0. The molecule has 0 N–H and O–H groups in total. The number of benzene rings is 1. The second-order valence-electron chi connectivity index (χ2n) is 2.85. The van der Waals surface area contributed by atoms with Crippen molar-refractivity contribution in [1.29, 1.82) is 0 Å². The zero-order valence-electron chi connectivity index (χ0n) is 6.80. The van der Waals surface area contributed by atoms with E-state index in [1.807, 2.05) is 6.07 Å². The predicted molar refractivity (Wildman–Crippen MR) is 54.6 cm³/mol. The summed E-state index contributed by atoms with van der Waals surface area (Å²) < 4.78 is 19.1. The van der Waals surface area contributed by atoms with E-state index in [1.165, 1.54) is 6.07 Å². The summed E-state index contributed by atoms with van der Waals surface area (Å²) in [4.78, 5) is 0.705. The topological polar surface area (TPSA) is 9.23 Å². The van der Waals surface area contributed by atoms with E-state index < -0.39 is 0 Å². The Labute approximate surface area is 88.8 Å². The van der Waals surface area contributed by atoms with Crippen LogP contribution in [0.5, 0.6) is 0 Å². The maximum atomic E-state index is 13.3. The van der Waals surface area contributed by atoms with Gasteiger partial charge >= 0.3 is 0 Å². The molecule has 0 atom stereocenters. The van der Waals surface area contributed by atoms with Gasteiger partial charge in [-0.2, -0.15) is 0 Å². The molecule has 0 amide bonds. The molecule has 2 rings (SSSR count). The molecule has 1 nitrogen and oxygen atoms in total. The number of thioether (sulfide) groups is 1. The van der Waals surface area contributed by atoms with Crippen LogP contribution in [0.15, 0.2) is 27.6 Å². The molecule has 0 bridgehead atoms. The van der Waals surface area contributed by atoms with Crippen molar-refractivity contribution in [3.63, 3.8) is 0 Å². The molecule has 0 radical (unpaired) electrons. The van der Waals surface area contributed by atoms with Crippen LogP contribution in [-0.2, 0) is 4.74 Å². The first-order chi connectivity index (χ1) is 6.25. The normalized spacial score (nSPS) is 17.1. The molecular formula is C9H8BrFOS. The number of hydrogen-bond acceptors (Lipinski definition) is 2. The zero-order chi connectivity index (χ0) is 9.26. The Morgan fingerprint density at radius 2 is 2.23 bits per heavy atom. The lowest BCUT2D eigenvalue weighted by atomic mass is 10.3. The van der Waals surface area contributed by atoms with E-state index in [9.17, 15) is 4.39 Å². The van der Waals surface area contributed by atoms with Crippen molar-refractivity contribution in [3.8, 4) is 0 Å². The molecule has 0 aromatic heterocycles. The maximum Gasteiger partial charge on any atom is 0.137 e. The van der Waals surface area contributed by atoms with E-state index in [4.69, 9.17) is 4.74 Å². The van der Waals surface area contributed by atoms with Crippen LogP contribution in [0.3, 0.4) is 0 Å². The SMILES string of the molecule is Fc1cc(Br)ccc1SC1COC1.